The van der Waals surface area contributed by atoms with Gasteiger partial charge in [-0.3, -0.25) is 14.3 Å². The average molecular weight is 398 g/mol. The summed E-state index contributed by atoms with van der Waals surface area (Å²) in [7, 11) is 0. The van der Waals surface area contributed by atoms with Gasteiger partial charge < -0.3 is 10.2 Å². The van der Waals surface area contributed by atoms with Gasteiger partial charge in [0.25, 0.3) is 5.91 Å². The lowest BCUT2D eigenvalue weighted by Gasteiger charge is -2.26. The van der Waals surface area contributed by atoms with Crippen molar-refractivity contribution in [2.24, 2.45) is 5.92 Å². The molecule has 3 rings (SSSR count). The van der Waals surface area contributed by atoms with Crippen molar-refractivity contribution in [1.82, 2.24) is 20.0 Å². The highest BCUT2D eigenvalue weighted by molar-refractivity contribution is 5.95. The molecule has 0 saturated carbocycles. The van der Waals surface area contributed by atoms with Crippen LogP contribution >= 0.6 is 0 Å². The van der Waals surface area contributed by atoms with Crippen molar-refractivity contribution in [3.05, 3.63) is 65.3 Å². The molecule has 0 saturated heterocycles. The van der Waals surface area contributed by atoms with Crippen molar-refractivity contribution in [3.8, 4) is 0 Å². The molecule has 0 aliphatic carbocycles. The Balaban J connectivity index is 1.81. The van der Waals surface area contributed by atoms with Gasteiger partial charge in [0.1, 0.15) is 5.82 Å². The van der Waals surface area contributed by atoms with Crippen molar-refractivity contribution >= 4 is 11.8 Å². The van der Waals surface area contributed by atoms with Crippen LogP contribution in [0.1, 0.15) is 40.5 Å². The van der Waals surface area contributed by atoms with E-state index < -0.39 is 0 Å². The monoisotopic (exact) mass is 398 g/mol. The van der Waals surface area contributed by atoms with Crippen LogP contribution in [0.15, 0.2) is 37.1 Å². The van der Waals surface area contributed by atoms with E-state index in [1.165, 1.54) is 13.0 Å². The first-order valence-electron chi connectivity index (χ1n) is 9.84. The highest BCUT2D eigenvalue weighted by atomic mass is 19.1. The number of hydrogen-bond donors (Lipinski definition) is 1. The predicted molar refractivity (Wildman–Crippen MR) is 109 cm³/mol. The first kappa shape index (κ1) is 20.8. The number of amides is 2. The largest absolute Gasteiger partial charge is 0.356 e. The Morgan fingerprint density at radius 1 is 1.45 bits per heavy atom. The first-order valence-corrected chi connectivity index (χ1v) is 9.84. The van der Waals surface area contributed by atoms with Crippen LogP contribution in [-0.4, -0.2) is 39.6 Å². The molecule has 1 N–H and O–H groups in total. The Morgan fingerprint density at radius 3 is 2.97 bits per heavy atom. The molecule has 0 radical (unpaired) electrons. The number of carbonyl (C=O) groups is 2. The summed E-state index contributed by atoms with van der Waals surface area (Å²) in [5, 5.41) is 7.25. The Morgan fingerprint density at radius 2 is 2.24 bits per heavy atom. The minimum absolute atomic E-state index is 0.0528. The predicted octanol–water partition coefficient (Wildman–Crippen LogP) is 2.86. The number of rotatable bonds is 7. The van der Waals surface area contributed by atoms with Crippen LogP contribution in [0.25, 0.3) is 0 Å². The molecule has 154 valence electrons. The quantitative estimate of drug-likeness (QED) is 0.730. The maximum atomic E-state index is 13.9. The van der Waals surface area contributed by atoms with Crippen LogP contribution in [0.4, 0.5) is 4.39 Å². The van der Waals surface area contributed by atoms with Gasteiger partial charge >= 0.3 is 0 Å². The van der Waals surface area contributed by atoms with Crippen LogP contribution in [0.3, 0.4) is 0 Å². The van der Waals surface area contributed by atoms with E-state index >= 15 is 0 Å². The van der Waals surface area contributed by atoms with Gasteiger partial charge in [-0.2, -0.15) is 5.10 Å². The number of aromatic nitrogens is 2. The molecule has 7 heteroatoms. The molecule has 29 heavy (non-hydrogen) atoms. The van der Waals surface area contributed by atoms with E-state index in [9.17, 15) is 14.0 Å². The van der Waals surface area contributed by atoms with E-state index in [4.69, 9.17) is 0 Å². The molecule has 0 spiro atoms. The smallest absolute Gasteiger partial charge is 0.257 e. The Hall–Kier alpha value is -2.96. The van der Waals surface area contributed by atoms with E-state index in [1.807, 2.05) is 10.7 Å². The van der Waals surface area contributed by atoms with Crippen LogP contribution in [0.2, 0.25) is 0 Å². The van der Waals surface area contributed by atoms with Gasteiger partial charge in [0.2, 0.25) is 5.91 Å². The first-order chi connectivity index (χ1) is 13.9. The molecule has 6 nitrogen and oxygen atoms in total. The van der Waals surface area contributed by atoms with Gasteiger partial charge in [-0.25, -0.2) is 4.39 Å². The van der Waals surface area contributed by atoms with Crippen molar-refractivity contribution in [3.63, 3.8) is 0 Å². The van der Waals surface area contributed by atoms with Crippen LogP contribution in [0, 0.1) is 18.7 Å². The second-order valence-corrected chi connectivity index (χ2v) is 7.52. The summed E-state index contributed by atoms with van der Waals surface area (Å²) in [5.74, 6) is -0.205. The molecule has 1 aliphatic rings. The molecule has 1 aromatic carbocycles. The van der Waals surface area contributed by atoms with E-state index in [0.717, 1.165) is 24.2 Å². The SMILES string of the molecule is C=CCN(Cc1cccc(F)c1C)C(=O)c1cnn2c1CC(CNC(C)=O)CC2. The summed E-state index contributed by atoms with van der Waals surface area (Å²) < 4.78 is 15.8. The lowest BCUT2D eigenvalue weighted by molar-refractivity contribution is -0.119. The summed E-state index contributed by atoms with van der Waals surface area (Å²) >= 11 is 0. The summed E-state index contributed by atoms with van der Waals surface area (Å²) in [6.45, 7) is 8.94. The standard InChI is InChI=1S/C22H27FN4O2/c1-4-9-26(14-18-6-5-7-20(23)15(18)2)22(29)19-13-25-27-10-8-17(11-21(19)27)12-24-16(3)28/h4-7,13,17H,1,8-12,14H2,2-3H3,(H,24,28). The zero-order chi connectivity index (χ0) is 21.0. The average Bonchev–Trinajstić information content (AvgIpc) is 3.12. The van der Waals surface area contributed by atoms with Crippen LogP contribution in [-0.2, 0) is 24.3 Å². The molecular weight excluding hydrogens is 371 g/mol. The molecule has 1 atom stereocenters. The van der Waals surface area contributed by atoms with E-state index in [-0.39, 0.29) is 23.5 Å². The van der Waals surface area contributed by atoms with Gasteiger partial charge in [0.05, 0.1) is 17.5 Å². The fraction of sp³-hybridized carbons (Fsp3) is 0.409. The van der Waals surface area contributed by atoms with Gasteiger partial charge in [0, 0.05) is 33.1 Å². The number of nitrogens with zero attached hydrogens (tertiary/aromatic N) is 3. The molecule has 2 amide bonds. The summed E-state index contributed by atoms with van der Waals surface area (Å²) in [4.78, 5) is 26.2. The zero-order valence-corrected chi connectivity index (χ0v) is 16.9. The van der Waals surface area contributed by atoms with E-state index in [1.54, 1.807) is 30.2 Å². The molecule has 0 bridgehead atoms. The highest BCUT2D eigenvalue weighted by Gasteiger charge is 2.27. The maximum absolute atomic E-state index is 13.9. The lowest BCUT2D eigenvalue weighted by Crippen LogP contribution is -2.34. The van der Waals surface area contributed by atoms with Crippen molar-refractivity contribution in [1.29, 1.82) is 0 Å². The molecule has 2 aromatic rings. The maximum Gasteiger partial charge on any atom is 0.257 e. The number of fused-ring (bicyclic) bond motifs is 1. The summed E-state index contributed by atoms with van der Waals surface area (Å²) in [6.07, 6.45) is 4.87. The second-order valence-electron chi connectivity index (χ2n) is 7.52. The highest BCUT2D eigenvalue weighted by Crippen LogP contribution is 2.24. The molecule has 1 aliphatic heterocycles. The molecule has 1 aromatic heterocycles. The third-order valence-corrected chi connectivity index (χ3v) is 5.43. The number of hydrogen-bond acceptors (Lipinski definition) is 3. The Labute approximate surface area is 170 Å². The zero-order valence-electron chi connectivity index (χ0n) is 16.9. The van der Waals surface area contributed by atoms with Gasteiger partial charge in [-0.15, -0.1) is 6.58 Å². The molecule has 2 heterocycles. The van der Waals surface area contributed by atoms with Gasteiger partial charge in [-0.1, -0.05) is 18.2 Å². The van der Waals surface area contributed by atoms with Gasteiger partial charge in [0.15, 0.2) is 0 Å². The van der Waals surface area contributed by atoms with E-state index in [2.05, 4.69) is 17.0 Å². The van der Waals surface area contributed by atoms with Crippen molar-refractivity contribution < 1.29 is 14.0 Å². The Bertz CT molecular complexity index is 922. The number of nitrogens with one attached hydrogen (secondary N) is 1. The molecular formula is C22H27FN4O2. The van der Waals surface area contributed by atoms with Crippen LogP contribution in [0.5, 0.6) is 0 Å². The number of aryl methyl sites for hydroxylation is 1. The number of benzene rings is 1. The van der Waals surface area contributed by atoms with Crippen molar-refractivity contribution in [2.75, 3.05) is 13.1 Å². The van der Waals surface area contributed by atoms with Crippen molar-refractivity contribution in [2.45, 2.75) is 39.8 Å². The third kappa shape index (κ3) is 4.72. The summed E-state index contributed by atoms with van der Waals surface area (Å²) in [5.41, 5.74) is 2.77. The topological polar surface area (TPSA) is 67.2 Å². The Kier molecular flexibility index (Phi) is 6.46. The lowest BCUT2D eigenvalue weighted by atomic mass is 9.94. The fourth-order valence-electron chi connectivity index (χ4n) is 3.71. The third-order valence-electron chi connectivity index (χ3n) is 5.43. The minimum Gasteiger partial charge on any atom is -0.356 e. The molecule has 1 unspecified atom stereocenters. The molecule has 0 fully saturated rings. The minimum atomic E-state index is -0.280. The number of halogens is 1. The number of carbonyl (C=O) groups excluding carboxylic acids is 2. The fourth-order valence-corrected chi connectivity index (χ4v) is 3.71. The summed E-state index contributed by atoms with van der Waals surface area (Å²) in [6, 6.07) is 4.91. The van der Waals surface area contributed by atoms with Gasteiger partial charge in [-0.05, 0) is 42.9 Å². The van der Waals surface area contributed by atoms with Crippen LogP contribution < -0.4 is 5.32 Å². The normalized spacial score (nSPS) is 15.5. The van der Waals surface area contributed by atoms with E-state index in [0.29, 0.717) is 37.2 Å². The second kappa shape index (κ2) is 9.03.